The summed E-state index contributed by atoms with van der Waals surface area (Å²) in [4.78, 5) is 27.1. The van der Waals surface area contributed by atoms with Crippen molar-refractivity contribution in [3.63, 3.8) is 0 Å². The van der Waals surface area contributed by atoms with E-state index < -0.39 is 18.9 Å². The van der Waals surface area contributed by atoms with Crippen molar-refractivity contribution in [3.05, 3.63) is 65.7 Å². The molecule has 0 saturated carbocycles. The minimum absolute atomic E-state index is 0.0337. The van der Waals surface area contributed by atoms with Gasteiger partial charge in [0.2, 0.25) is 0 Å². The van der Waals surface area contributed by atoms with Crippen molar-refractivity contribution in [1.29, 1.82) is 0 Å². The fraction of sp³-hybridized carbons (Fsp3) is 0.391. The van der Waals surface area contributed by atoms with Gasteiger partial charge in [-0.15, -0.1) is 0 Å². The number of benzene rings is 2. The Morgan fingerprint density at radius 3 is 2.39 bits per heavy atom. The van der Waals surface area contributed by atoms with Crippen molar-refractivity contribution in [2.45, 2.75) is 49.2 Å². The number of anilines is 1. The number of carbonyl (C=O) groups is 2. The van der Waals surface area contributed by atoms with Gasteiger partial charge in [0.05, 0.1) is 19.0 Å². The highest BCUT2D eigenvalue weighted by Crippen LogP contribution is 2.61. The van der Waals surface area contributed by atoms with Gasteiger partial charge in [-0.3, -0.25) is 4.79 Å². The lowest BCUT2D eigenvalue weighted by Gasteiger charge is -2.40. The highest BCUT2D eigenvalue weighted by molar-refractivity contribution is 6.79. The quantitative estimate of drug-likeness (QED) is 0.576. The smallest absolute Gasteiger partial charge is 0.264 e. The van der Waals surface area contributed by atoms with E-state index in [1.54, 1.807) is 4.90 Å². The van der Waals surface area contributed by atoms with Crippen molar-refractivity contribution in [2.24, 2.45) is 0 Å². The van der Waals surface area contributed by atoms with Gasteiger partial charge in [0.15, 0.2) is 5.60 Å². The number of hydrogen-bond acceptors (Lipinski definition) is 3. The van der Waals surface area contributed by atoms with Crippen LogP contribution in [0.25, 0.3) is 0 Å². The SMILES string of the molecule is CN1C(=O)[C@@]2(O[C@@](CC=O)([Si](C)(C)C)C[C@@H]2c2ccccc2)c2ccccc21. The Morgan fingerprint density at radius 1 is 1.11 bits per heavy atom. The minimum atomic E-state index is -1.96. The largest absolute Gasteiger partial charge is 0.356 e. The maximum Gasteiger partial charge on any atom is 0.264 e. The summed E-state index contributed by atoms with van der Waals surface area (Å²) in [6.07, 6.45) is 1.97. The first kappa shape index (κ1) is 19.1. The van der Waals surface area contributed by atoms with Crippen molar-refractivity contribution in [2.75, 3.05) is 11.9 Å². The zero-order valence-electron chi connectivity index (χ0n) is 16.9. The molecule has 2 aromatic rings. The number of ether oxygens (including phenoxy) is 1. The molecule has 2 aliphatic rings. The zero-order chi connectivity index (χ0) is 20.2. The lowest BCUT2D eigenvalue weighted by molar-refractivity contribution is -0.148. The number of likely N-dealkylation sites (N-methyl/N-ethyl adjacent to an activating group) is 1. The van der Waals surface area contributed by atoms with Crippen LogP contribution in [0.1, 0.15) is 29.9 Å². The van der Waals surface area contributed by atoms with Gasteiger partial charge in [-0.1, -0.05) is 68.2 Å². The number of rotatable bonds is 4. The highest BCUT2D eigenvalue weighted by Gasteiger charge is 2.67. The van der Waals surface area contributed by atoms with Gasteiger partial charge in [-0.05, 0) is 18.1 Å². The van der Waals surface area contributed by atoms with Crippen molar-refractivity contribution < 1.29 is 14.3 Å². The molecule has 3 atom stereocenters. The third-order valence-corrected chi connectivity index (χ3v) is 9.89. The molecule has 4 rings (SSSR count). The van der Waals surface area contributed by atoms with E-state index in [9.17, 15) is 9.59 Å². The van der Waals surface area contributed by atoms with Crippen molar-refractivity contribution in [1.82, 2.24) is 0 Å². The molecule has 0 aromatic heterocycles. The molecule has 4 nitrogen and oxygen atoms in total. The van der Waals surface area contributed by atoms with E-state index >= 15 is 0 Å². The monoisotopic (exact) mass is 393 g/mol. The van der Waals surface area contributed by atoms with E-state index in [0.717, 1.165) is 23.1 Å². The van der Waals surface area contributed by atoms with Crippen LogP contribution in [0.5, 0.6) is 0 Å². The maximum absolute atomic E-state index is 13.7. The fourth-order valence-electron chi connectivity index (χ4n) is 4.95. The Hall–Kier alpha value is -2.24. The first-order chi connectivity index (χ1) is 13.3. The summed E-state index contributed by atoms with van der Waals surface area (Å²) in [7, 11) is -0.146. The number of para-hydroxylation sites is 1. The first-order valence-corrected chi connectivity index (χ1v) is 13.3. The van der Waals surface area contributed by atoms with Gasteiger partial charge in [0, 0.05) is 24.9 Å². The molecule has 2 aliphatic heterocycles. The summed E-state index contributed by atoms with van der Waals surface area (Å²) >= 11 is 0. The van der Waals surface area contributed by atoms with Crippen LogP contribution in [0.4, 0.5) is 5.69 Å². The lowest BCUT2D eigenvalue weighted by atomic mass is 9.77. The standard InChI is InChI=1S/C23H27NO3Si/c1-24-20-13-9-8-12-18(20)23(21(24)26)19(17-10-6-5-7-11-17)16-22(27-23,14-15-25)28(2,3)4/h5-13,15,19H,14,16H2,1-4H3/t19-,22+,23-/m1/s1. The van der Waals surface area contributed by atoms with Crippen LogP contribution >= 0.6 is 0 Å². The molecule has 1 spiro atoms. The predicted octanol–water partition coefficient (Wildman–Crippen LogP) is 4.27. The number of aldehydes is 1. The molecule has 1 fully saturated rings. The summed E-state index contributed by atoms with van der Waals surface area (Å²) in [5.74, 6) is -0.160. The number of amides is 1. The molecule has 0 aliphatic carbocycles. The lowest BCUT2D eigenvalue weighted by Crippen LogP contribution is -2.54. The van der Waals surface area contributed by atoms with Crippen LogP contribution in [0.3, 0.4) is 0 Å². The molecule has 0 bridgehead atoms. The van der Waals surface area contributed by atoms with Crippen LogP contribution in [0.2, 0.25) is 19.6 Å². The first-order valence-electron chi connectivity index (χ1n) is 9.83. The predicted molar refractivity (Wildman–Crippen MR) is 113 cm³/mol. The minimum Gasteiger partial charge on any atom is -0.356 e. The average molecular weight is 394 g/mol. The normalized spacial score (nSPS) is 29.4. The third kappa shape index (κ3) is 2.46. The number of nitrogens with zero attached hydrogens (tertiary/aromatic N) is 1. The zero-order valence-corrected chi connectivity index (χ0v) is 17.9. The van der Waals surface area contributed by atoms with E-state index in [2.05, 4.69) is 31.8 Å². The molecule has 28 heavy (non-hydrogen) atoms. The van der Waals surface area contributed by atoms with Crippen LogP contribution in [-0.4, -0.2) is 32.5 Å². The van der Waals surface area contributed by atoms with Crippen molar-refractivity contribution in [3.8, 4) is 0 Å². The van der Waals surface area contributed by atoms with Crippen LogP contribution in [-0.2, 0) is 19.9 Å². The summed E-state index contributed by atoms with van der Waals surface area (Å²) in [6, 6.07) is 18.0. The molecule has 2 heterocycles. The maximum atomic E-state index is 13.7. The summed E-state index contributed by atoms with van der Waals surface area (Å²) in [6.45, 7) is 6.69. The van der Waals surface area contributed by atoms with Crippen LogP contribution in [0.15, 0.2) is 54.6 Å². The summed E-state index contributed by atoms with van der Waals surface area (Å²) < 4.78 is 6.92. The van der Waals surface area contributed by atoms with E-state index in [1.165, 1.54) is 0 Å². The van der Waals surface area contributed by atoms with Crippen LogP contribution < -0.4 is 4.90 Å². The van der Waals surface area contributed by atoms with Gasteiger partial charge >= 0.3 is 0 Å². The number of carbonyl (C=O) groups excluding carboxylic acids is 2. The second kappa shape index (κ2) is 6.39. The molecule has 1 amide bonds. The number of fused-ring (bicyclic) bond motifs is 2. The van der Waals surface area contributed by atoms with Gasteiger partial charge < -0.3 is 14.4 Å². The highest BCUT2D eigenvalue weighted by atomic mass is 28.3. The van der Waals surface area contributed by atoms with Gasteiger partial charge in [0.1, 0.15) is 6.29 Å². The second-order valence-corrected chi connectivity index (χ2v) is 14.4. The molecule has 146 valence electrons. The summed E-state index contributed by atoms with van der Waals surface area (Å²) in [5.41, 5.74) is 1.83. The number of hydrogen-bond donors (Lipinski definition) is 0. The fourth-order valence-corrected chi connectivity index (χ4v) is 6.93. The molecule has 5 heteroatoms. The second-order valence-electron chi connectivity index (χ2n) is 9.00. The Bertz CT molecular complexity index is 923. The molecule has 0 unspecified atom stereocenters. The van der Waals surface area contributed by atoms with Gasteiger partial charge in [0.25, 0.3) is 5.91 Å². The Morgan fingerprint density at radius 2 is 1.75 bits per heavy atom. The Kier molecular flexibility index (Phi) is 4.36. The van der Waals surface area contributed by atoms with E-state index in [1.807, 2.05) is 49.5 Å². The summed E-state index contributed by atoms with van der Waals surface area (Å²) in [5, 5.41) is -0.580. The Balaban J connectivity index is 1.99. The Labute approximate surface area is 167 Å². The van der Waals surface area contributed by atoms with Gasteiger partial charge in [-0.2, -0.15) is 0 Å². The van der Waals surface area contributed by atoms with E-state index in [-0.39, 0.29) is 11.8 Å². The van der Waals surface area contributed by atoms with E-state index in [0.29, 0.717) is 12.8 Å². The van der Waals surface area contributed by atoms with Crippen LogP contribution in [0, 0.1) is 0 Å². The van der Waals surface area contributed by atoms with E-state index in [4.69, 9.17) is 4.74 Å². The molecule has 2 aromatic carbocycles. The molecule has 0 N–H and O–H groups in total. The topological polar surface area (TPSA) is 46.6 Å². The molecule has 1 saturated heterocycles. The molecule has 0 radical (unpaired) electrons. The molecular weight excluding hydrogens is 366 g/mol. The average Bonchev–Trinajstić information content (AvgIpc) is 3.14. The third-order valence-electron chi connectivity index (χ3n) is 6.65. The molecular formula is C23H27NO3Si. The van der Waals surface area contributed by atoms with Gasteiger partial charge in [-0.25, -0.2) is 0 Å². The van der Waals surface area contributed by atoms with Crippen molar-refractivity contribution >= 4 is 26.0 Å².